The highest BCUT2D eigenvalue weighted by atomic mass is 16.5. The lowest BCUT2D eigenvalue weighted by molar-refractivity contribution is 0.183. The Morgan fingerprint density at radius 1 is 1.44 bits per heavy atom. The Hall–Kier alpha value is -1.13. The fraction of sp³-hybridized carbons (Fsp3) is 0.643. The van der Waals surface area contributed by atoms with Gasteiger partial charge in [0.2, 0.25) is 0 Å². The Morgan fingerprint density at radius 2 is 2.17 bits per heavy atom. The van der Waals surface area contributed by atoms with Gasteiger partial charge < -0.3 is 15.0 Å². The number of rotatable bonds is 7. The van der Waals surface area contributed by atoms with Crippen LogP contribution in [0.15, 0.2) is 12.1 Å². The maximum absolute atomic E-state index is 5.19. The molecule has 0 amide bonds. The van der Waals surface area contributed by atoms with Gasteiger partial charge in [-0.3, -0.25) is 0 Å². The van der Waals surface area contributed by atoms with Crippen molar-refractivity contribution in [2.24, 2.45) is 0 Å². The summed E-state index contributed by atoms with van der Waals surface area (Å²) in [5.74, 6) is 1.01. The van der Waals surface area contributed by atoms with Gasteiger partial charge in [-0.15, -0.1) is 0 Å². The van der Waals surface area contributed by atoms with Crippen LogP contribution in [0, 0.1) is 6.92 Å². The zero-order valence-corrected chi connectivity index (χ0v) is 12.2. The molecule has 4 nitrogen and oxygen atoms in total. The third-order valence-electron chi connectivity index (χ3n) is 3.01. The number of aryl methyl sites for hydroxylation is 1. The number of nitrogens with zero attached hydrogens (tertiary/aromatic N) is 2. The first-order chi connectivity index (χ1) is 8.58. The van der Waals surface area contributed by atoms with Gasteiger partial charge in [0.25, 0.3) is 0 Å². The first kappa shape index (κ1) is 14.9. The summed E-state index contributed by atoms with van der Waals surface area (Å²) in [4.78, 5) is 6.75. The Kier molecular flexibility index (Phi) is 6.09. The summed E-state index contributed by atoms with van der Waals surface area (Å²) in [7, 11) is 3.78. The fourth-order valence-electron chi connectivity index (χ4n) is 1.85. The molecule has 0 bridgehead atoms. The van der Waals surface area contributed by atoms with E-state index in [0.717, 1.165) is 24.6 Å². The van der Waals surface area contributed by atoms with Gasteiger partial charge in [0, 0.05) is 26.4 Å². The van der Waals surface area contributed by atoms with E-state index in [9.17, 15) is 0 Å². The normalized spacial score (nSPS) is 12.5. The van der Waals surface area contributed by atoms with Crippen LogP contribution in [-0.4, -0.2) is 38.3 Å². The monoisotopic (exact) mass is 251 g/mol. The molecule has 0 aliphatic carbocycles. The Balaban J connectivity index is 2.84. The average Bonchev–Trinajstić information content (AvgIpc) is 2.35. The quantitative estimate of drug-likeness (QED) is 0.804. The largest absolute Gasteiger partial charge is 0.383 e. The highest BCUT2D eigenvalue weighted by Gasteiger charge is 2.12. The summed E-state index contributed by atoms with van der Waals surface area (Å²) >= 11 is 0. The van der Waals surface area contributed by atoms with E-state index in [4.69, 9.17) is 4.74 Å². The molecule has 1 aromatic heterocycles. The number of methoxy groups -OCH3 is 1. The van der Waals surface area contributed by atoms with Crippen molar-refractivity contribution in [2.45, 2.75) is 33.4 Å². The maximum Gasteiger partial charge on any atom is 0.129 e. The lowest BCUT2D eigenvalue weighted by atomic mass is 10.2. The van der Waals surface area contributed by atoms with E-state index in [2.05, 4.69) is 48.2 Å². The molecular weight excluding hydrogens is 226 g/mol. The second-order valence-corrected chi connectivity index (χ2v) is 4.67. The molecule has 0 aromatic carbocycles. The van der Waals surface area contributed by atoms with Gasteiger partial charge >= 0.3 is 0 Å². The third-order valence-corrected chi connectivity index (χ3v) is 3.01. The second-order valence-electron chi connectivity index (χ2n) is 4.67. The first-order valence-corrected chi connectivity index (χ1v) is 6.48. The van der Waals surface area contributed by atoms with Gasteiger partial charge in [-0.1, -0.05) is 6.92 Å². The maximum atomic E-state index is 5.19. The Bertz CT molecular complexity index is 368. The summed E-state index contributed by atoms with van der Waals surface area (Å²) in [6.45, 7) is 8.85. The van der Waals surface area contributed by atoms with E-state index in [0.29, 0.717) is 12.6 Å². The number of likely N-dealkylation sites (N-methyl/N-ethyl adjacent to an activating group) is 1. The van der Waals surface area contributed by atoms with Crippen LogP contribution in [0.1, 0.15) is 25.1 Å². The molecule has 18 heavy (non-hydrogen) atoms. The highest BCUT2D eigenvalue weighted by Crippen LogP contribution is 2.16. The van der Waals surface area contributed by atoms with Gasteiger partial charge in [-0.25, -0.2) is 4.98 Å². The number of pyridine rings is 1. The van der Waals surface area contributed by atoms with Crippen LogP contribution < -0.4 is 10.2 Å². The van der Waals surface area contributed by atoms with Gasteiger partial charge in [0.15, 0.2) is 0 Å². The average molecular weight is 251 g/mol. The van der Waals surface area contributed by atoms with E-state index in [1.54, 1.807) is 7.11 Å². The van der Waals surface area contributed by atoms with Crippen LogP contribution >= 0.6 is 0 Å². The summed E-state index contributed by atoms with van der Waals surface area (Å²) in [5, 5.41) is 3.34. The van der Waals surface area contributed by atoms with E-state index >= 15 is 0 Å². The van der Waals surface area contributed by atoms with E-state index < -0.39 is 0 Å². The molecule has 0 aliphatic heterocycles. The number of nitrogens with one attached hydrogen (secondary N) is 1. The lowest BCUT2D eigenvalue weighted by Gasteiger charge is -2.26. The number of anilines is 1. The van der Waals surface area contributed by atoms with Crippen molar-refractivity contribution in [1.82, 2.24) is 10.3 Å². The summed E-state index contributed by atoms with van der Waals surface area (Å²) in [6, 6.07) is 4.58. The van der Waals surface area contributed by atoms with Gasteiger partial charge in [-0.2, -0.15) is 0 Å². The van der Waals surface area contributed by atoms with Gasteiger partial charge in [0.1, 0.15) is 5.82 Å². The standard InChI is InChI=1S/C14H25N3O/c1-6-15-9-13-7-11(2)16-14(8-13)17(4)12(3)10-18-5/h7-8,12,15H,6,9-10H2,1-5H3. The van der Waals surface area contributed by atoms with Crippen molar-refractivity contribution in [2.75, 3.05) is 32.2 Å². The number of hydrogen-bond donors (Lipinski definition) is 1. The number of ether oxygens (including phenoxy) is 1. The molecule has 0 saturated heterocycles. The van der Waals surface area contributed by atoms with E-state index in [1.807, 2.05) is 6.92 Å². The van der Waals surface area contributed by atoms with Crippen LogP contribution in [0.25, 0.3) is 0 Å². The predicted molar refractivity (Wildman–Crippen MR) is 76.1 cm³/mol. The van der Waals surface area contributed by atoms with E-state index in [1.165, 1.54) is 5.56 Å². The summed E-state index contributed by atoms with van der Waals surface area (Å²) in [6.07, 6.45) is 0. The lowest BCUT2D eigenvalue weighted by Crippen LogP contribution is -2.33. The zero-order valence-electron chi connectivity index (χ0n) is 12.2. The van der Waals surface area contributed by atoms with Crippen LogP contribution in [0.3, 0.4) is 0 Å². The molecule has 0 saturated carbocycles. The minimum absolute atomic E-state index is 0.316. The molecule has 102 valence electrons. The van der Waals surface area contributed by atoms with Crippen molar-refractivity contribution in [1.29, 1.82) is 0 Å². The topological polar surface area (TPSA) is 37.4 Å². The van der Waals surface area contributed by atoms with Crippen molar-refractivity contribution < 1.29 is 4.74 Å². The van der Waals surface area contributed by atoms with Crippen LogP contribution in [0.2, 0.25) is 0 Å². The molecule has 0 fully saturated rings. The van der Waals surface area contributed by atoms with Crippen molar-refractivity contribution in [3.8, 4) is 0 Å². The Labute approximate surface area is 110 Å². The van der Waals surface area contributed by atoms with Gasteiger partial charge in [-0.05, 0) is 38.1 Å². The van der Waals surface area contributed by atoms with Crippen molar-refractivity contribution in [3.05, 3.63) is 23.4 Å². The third kappa shape index (κ3) is 4.27. The SMILES string of the molecule is CCNCc1cc(C)nc(N(C)C(C)COC)c1. The van der Waals surface area contributed by atoms with Crippen LogP contribution in [0.5, 0.6) is 0 Å². The van der Waals surface area contributed by atoms with E-state index in [-0.39, 0.29) is 0 Å². The smallest absolute Gasteiger partial charge is 0.129 e. The first-order valence-electron chi connectivity index (χ1n) is 6.48. The number of aromatic nitrogens is 1. The summed E-state index contributed by atoms with van der Waals surface area (Å²) < 4.78 is 5.19. The molecule has 1 unspecified atom stereocenters. The predicted octanol–water partition coefficient (Wildman–Crippen LogP) is 1.97. The molecule has 1 heterocycles. The molecule has 0 radical (unpaired) electrons. The number of hydrogen-bond acceptors (Lipinski definition) is 4. The van der Waals surface area contributed by atoms with Gasteiger partial charge in [0.05, 0.1) is 12.6 Å². The van der Waals surface area contributed by atoms with Crippen LogP contribution in [-0.2, 0) is 11.3 Å². The molecular formula is C14H25N3O. The minimum Gasteiger partial charge on any atom is -0.383 e. The molecule has 4 heteroatoms. The molecule has 0 spiro atoms. The molecule has 0 aliphatic rings. The zero-order chi connectivity index (χ0) is 13.5. The molecule has 1 N–H and O–H groups in total. The molecule has 1 atom stereocenters. The van der Waals surface area contributed by atoms with Crippen molar-refractivity contribution in [3.63, 3.8) is 0 Å². The molecule has 1 aromatic rings. The fourth-order valence-corrected chi connectivity index (χ4v) is 1.85. The molecule has 1 rings (SSSR count). The van der Waals surface area contributed by atoms with Crippen molar-refractivity contribution >= 4 is 5.82 Å². The Morgan fingerprint density at radius 3 is 2.78 bits per heavy atom. The highest BCUT2D eigenvalue weighted by molar-refractivity contribution is 5.42. The second kappa shape index (κ2) is 7.34. The summed E-state index contributed by atoms with van der Waals surface area (Å²) in [5.41, 5.74) is 2.33. The van der Waals surface area contributed by atoms with Crippen LogP contribution in [0.4, 0.5) is 5.82 Å². The minimum atomic E-state index is 0.316.